The molecule has 7 atom stereocenters. The highest BCUT2D eigenvalue weighted by Crippen LogP contribution is 2.41. The average Bonchev–Trinajstić information content (AvgIpc) is 1.24. The molecule has 676 valence electrons. The molecule has 0 aliphatic carbocycles. The number of hydrogen-bond donors (Lipinski definition) is 0. The minimum Gasteiger partial charge on any atom is -0.523 e. The lowest BCUT2D eigenvalue weighted by Gasteiger charge is -2.39. The molecule has 0 spiro atoms. The third-order valence-corrected chi connectivity index (χ3v) is 22.2. The fraction of sp³-hybridized carbons (Fsp3) is 0.798. The minimum atomic E-state index is -0.992. The van der Waals surface area contributed by atoms with E-state index in [0.717, 1.165) is 109 Å². The van der Waals surface area contributed by atoms with Gasteiger partial charge in [-0.15, -0.1) is 0 Å². The van der Waals surface area contributed by atoms with Crippen LogP contribution in [0.2, 0.25) is 83.9 Å². The number of para-hydroxylation sites is 2. The summed E-state index contributed by atoms with van der Waals surface area (Å²) in [7, 11) is -1.09. The SMILES string of the molecule is CC(C)B1OC(c2ccccc2)CC(c2ccccc2)O1.CC(C)B1OCC(C)(C)CO1.CC(C)B1OCC(C[Si](C)(C)C)O1.CC(C)B1OCCC(C)(C)O1.CC(C)B1OCCCO1.CC(C)B1Oc2ccccc2O1.CC1CC(C)(C)OB(C(C)C)O1.CC1CC(C)OB(C(C)C)O1.CC1CCOB(C(C)C)O1.CC1COB(C(C)C)OC1. The summed E-state index contributed by atoms with van der Waals surface area (Å²) in [5, 5.41) is 0. The molecule has 10 heterocycles. The molecule has 20 nitrogen and oxygen atoms in total. The van der Waals surface area contributed by atoms with Crippen LogP contribution in [0.3, 0.4) is 0 Å². The molecule has 3 aromatic carbocycles. The molecule has 0 radical (unpaired) electrons. The van der Waals surface area contributed by atoms with Crippen molar-refractivity contribution in [1.82, 2.24) is 0 Å². The van der Waals surface area contributed by atoms with E-state index in [-0.39, 0.29) is 100 Å². The molecule has 0 bridgehead atoms. The topological polar surface area (TPSA) is 185 Å². The van der Waals surface area contributed by atoms with Crippen molar-refractivity contribution in [3.8, 4) is 11.5 Å². The van der Waals surface area contributed by atoms with Crippen molar-refractivity contribution in [2.45, 2.75) is 391 Å². The van der Waals surface area contributed by atoms with Crippen LogP contribution in [0.4, 0.5) is 0 Å². The van der Waals surface area contributed by atoms with Crippen LogP contribution >= 0.6 is 0 Å². The summed E-state index contributed by atoms with van der Waals surface area (Å²) in [6.07, 6.45) is 7.88. The lowest BCUT2D eigenvalue weighted by Crippen LogP contribution is -2.47. The molecule has 31 heteroatoms. The molecule has 10 aliphatic heterocycles. The molecule has 9 saturated heterocycles. The lowest BCUT2D eigenvalue weighted by atomic mass is 9.71. The maximum atomic E-state index is 6.16. The predicted octanol–water partition coefficient (Wildman–Crippen LogP) is 23.0. The molecule has 3 aromatic rings. The van der Waals surface area contributed by atoms with Gasteiger partial charge in [0.2, 0.25) is 0 Å². The first kappa shape index (κ1) is 110. The smallest absolute Gasteiger partial charge is 0.523 e. The zero-order chi connectivity index (χ0) is 89.8. The van der Waals surface area contributed by atoms with Gasteiger partial charge in [-0.25, -0.2) is 0 Å². The van der Waals surface area contributed by atoms with Crippen molar-refractivity contribution >= 4 is 79.3 Å². The Hall–Kier alpha value is -2.59. The van der Waals surface area contributed by atoms with Crippen molar-refractivity contribution in [3.05, 3.63) is 96.1 Å². The molecule has 13 rings (SSSR count). The second-order valence-corrected chi connectivity index (χ2v) is 46.4. The standard InChI is InChI=1S/C18H21BO2.C9H21BO2Si.C9H11BO2.C9H19BO2.3C8H17BO2.2C7H15BO2.C6H13BO2/c1-14(2)19-20-17(15-9-5-3-6-10-15)13-18(21-19)16-11-7-4-8-12-16;1-8(2)10-11-6-9(12-10)7-13(3,4)5;1-7(2)10-11-8-5-3-4-6-9(8)12-10;1-7(2)10-11-8(3)6-9(4,5)12-10;1-7(2)9-10-5-8(3,4)6-11-9;1-7(2)9-10-6-5-8(3,4)11-9;1-6(2)9-10-7(3)5-8(4)11-9;1-6(2)8-9-4-7(3)5-10-8;1-6(2)8-9-5-4-7(3)10-8;1-6(2)7-8-4-3-5-9-7/h3-12,14,17-18H,13H2,1-2H3;8-9H,6-7H2,1-5H3;3-7H,1-2H3;7-8H,6H2,1-5H3;2*7H,5-6H2,1-4H3;6-8H,5H2,1-4H3;2*6-7H,4-5H2,1-3H3;6H,3-5H2,1-2H3. The van der Waals surface area contributed by atoms with Gasteiger partial charge in [-0.05, 0) is 175 Å². The first-order valence-electron chi connectivity index (χ1n) is 46.1. The van der Waals surface area contributed by atoms with Crippen LogP contribution < -0.4 is 9.31 Å². The van der Waals surface area contributed by atoms with Crippen LogP contribution in [-0.2, 0) is 83.8 Å². The monoisotopic (exact) mass is 1690 g/mol. The van der Waals surface area contributed by atoms with Crippen LogP contribution in [0.1, 0.15) is 276 Å². The summed E-state index contributed by atoms with van der Waals surface area (Å²) < 4.78 is 112. The van der Waals surface area contributed by atoms with Gasteiger partial charge in [-0.1, -0.05) is 252 Å². The molecule has 0 aromatic heterocycles. The Labute approximate surface area is 737 Å². The van der Waals surface area contributed by atoms with Crippen molar-refractivity contribution in [2.24, 2.45) is 11.3 Å². The predicted molar refractivity (Wildman–Crippen MR) is 507 cm³/mol. The molecule has 0 saturated carbocycles. The molecule has 0 N–H and O–H groups in total. The van der Waals surface area contributed by atoms with Crippen LogP contribution in [0.5, 0.6) is 11.5 Å². The average molecular weight is 1690 g/mol. The Kier molecular flexibility index (Phi) is 50.6. The Balaban J connectivity index is 0.000000283. The highest BCUT2D eigenvalue weighted by Gasteiger charge is 2.43. The van der Waals surface area contributed by atoms with Gasteiger partial charge in [-0.3, -0.25) is 0 Å². The number of hydrogen-bond acceptors (Lipinski definition) is 20. The second-order valence-electron chi connectivity index (χ2n) is 40.9. The van der Waals surface area contributed by atoms with Gasteiger partial charge < -0.3 is 93.1 Å². The van der Waals surface area contributed by atoms with E-state index in [0.29, 0.717) is 94.6 Å². The van der Waals surface area contributed by atoms with E-state index in [9.17, 15) is 0 Å². The zero-order valence-corrected chi connectivity index (χ0v) is 82.7. The summed E-state index contributed by atoms with van der Waals surface area (Å²) in [4.78, 5) is 0. The van der Waals surface area contributed by atoms with Gasteiger partial charge in [-0.2, -0.15) is 0 Å². The molecule has 0 amide bonds. The largest absolute Gasteiger partial charge is 0.597 e. The number of benzene rings is 3. The lowest BCUT2D eigenvalue weighted by molar-refractivity contribution is -0.0315. The normalized spacial score (nSPS) is 24.1. The Morgan fingerprint density at radius 2 is 0.708 bits per heavy atom. The van der Waals surface area contributed by atoms with Gasteiger partial charge in [0.15, 0.2) is 0 Å². The van der Waals surface area contributed by atoms with E-state index in [1.165, 1.54) is 17.2 Å². The molecule has 9 fully saturated rings. The Morgan fingerprint density at radius 1 is 0.342 bits per heavy atom. The van der Waals surface area contributed by atoms with E-state index >= 15 is 0 Å². The molecule has 7 unspecified atom stereocenters. The highest BCUT2D eigenvalue weighted by atomic mass is 28.3. The molecule has 10 aliphatic rings. The summed E-state index contributed by atoms with van der Waals surface area (Å²) in [5.74, 6) is 6.74. The third kappa shape index (κ3) is 44.4. The van der Waals surface area contributed by atoms with Crippen molar-refractivity contribution in [1.29, 1.82) is 0 Å². The Bertz CT molecular complexity index is 3020. The summed E-state index contributed by atoms with van der Waals surface area (Å²) in [6, 6.07) is 29.9. The van der Waals surface area contributed by atoms with Gasteiger partial charge in [0, 0.05) is 103 Å². The van der Waals surface area contributed by atoms with Crippen LogP contribution in [0, 0.1) is 11.3 Å². The van der Waals surface area contributed by atoms with E-state index in [1.807, 2.05) is 36.4 Å². The van der Waals surface area contributed by atoms with Gasteiger partial charge >= 0.3 is 71.2 Å². The fourth-order valence-corrected chi connectivity index (χ4v) is 15.3. The zero-order valence-electron chi connectivity index (χ0n) is 81.7. The number of rotatable bonds is 14. The molecule has 120 heavy (non-hydrogen) atoms. The molecular formula is C89H166B10O20Si. The van der Waals surface area contributed by atoms with Crippen LogP contribution in [0.15, 0.2) is 84.9 Å². The summed E-state index contributed by atoms with van der Waals surface area (Å²) in [5.41, 5.74) is 2.64. The number of fused-ring (bicyclic) bond motifs is 1. The van der Waals surface area contributed by atoms with E-state index in [2.05, 4.69) is 283 Å². The second kappa shape index (κ2) is 55.3. The van der Waals surface area contributed by atoms with Gasteiger partial charge in [0.05, 0.1) is 36.1 Å². The van der Waals surface area contributed by atoms with Gasteiger partial charge in [0.25, 0.3) is 0 Å². The minimum absolute atomic E-state index is 0.00116. The first-order chi connectivity index (χ1) is 56.1. The van der Waals surface area contributed by atoms with Crippen molar-refractivity contribution in [2.75, 3.05) is 59.5 Å². The van der Waals surface area contributed by atoms with Crippen molar-refractivity contribution < 1.29 is 93.1 Å². The van der Waals surface area contributed by atoms with E-state index in [4.69, 9.17) is 93.1 Å². The third-order valence-electron chi connectivity index (χ3n) is 20.6. The summed E-state index contributed by atoms with van der Waals surface area (Å²) >= 11 is 0. The maximum Gasteiger partial charge on any atom is 0.597 e. The van der Waals surface area contributed by atoms with Crippen LogP contribution in [-0.4, -0.2) is 180 Å². The van der Waals surface area contributed by atoms with Crippen molar-refractivity contribution in [3.63, 3.8) is 0 Å². The molecular weight excluding hydrogens is 1530 g/mol. The van der Waals surface area contributed by atoms with Crippen LogP contribution in [0.25, 0.3) is 0 Å². The summed E-state index contributed by atoms with van der Waals surface area (Å²) in [6.45, 7) is 80.3. The first-order valence-corrected chi connectivity index (χ1v) is 49.8. The quantitative estimate of drug-likeness (QED) is 0.139. The highest BCUT2D eigenvalue weighted by molar-refractivity contribution is 6.76. The Morgan fingerprint density at radius 3 is 1.09 bits per heavy atom. The fourth-order valence-electron chi connectivity index (χ4n) is 13.8. The maximum absolute atomic E-state index is 6.16. The van der Waals surface area contributed by atoms with E-state index in [1.54, 1.807) is 0 Å². The van der Waals surface area contributed by atoms with Gasteiger partial charge in [0.1, 0.15) is 11.5 Å². The van der Waals surface area contributed by atoms with E-state index < -0.39 is 8.07 Å².